The first-order chi connectivity index (χ1) is 12.8. The molecule has 2 aliphatic heterocycles. The van der Waals surface area contributed by atoms with Crippen molar-refractivity contribution in [3.05, 3.63) is 22.7 Å². The Balaban J connectivity index is 1.71. The summed E-state index contributed by atoms with van der Waals surface area (Å²) in [5, 5.41) is 18.5. The molecule has 0 saturated carbocycles. The lowest BCUT2D eigenvalue weighted by atomic mass is 10.1. The molecular weight excluding hydrogens is 368 g/mol. The molecule has 0 radical (unpaired) electrons. The van der Waals surface area contributed by atoms with E-state index in [1.807, 2.05) is 0 Å². The Morgan fingerprint density at radius 1 is 1.44 bits per heavy atom. The molecule has 2 aliphatic rings. The van der Waals surface area contributed by atoms with Crippen LogP contribution >= 0.6 is 0 Å². The maximum atomic E-state index is 12.3. The molecule has 0 bridgehead atoms. The number of carbonyl (C=O) groups is 2. The molecule has 3 rings (SSSR count). The Labute approximate surface area is 151 Å². The third kappa shape index (κ3) is 3.71. The fraction of sp³-hybridized carbons (Fsp3) is 0.571. The van der Waals surface area contributed by atoms with E-state index < -0.39 is 61.1 Å². The highest BCUT2D eigenvalue weighted by molar-refractivity contribution is 5.76. The number of ether oxygens (including phenoxy) is 3. The first-order valence-corrected chi connectivity index (χ1v) is 7.95. The number of nitrogens with one attached hydrogen (secondary N) is 1. The number of aliphatic hydroxyl groups is 2. The summed E-state index contributed by atoms with van der Waals surface area (Å²) in [4.78, 5) is 43.5. The summed E-state index contributed by atoms with van der Waals surface area (Å²) in [6.07, 6.45) is -4.43. The highest BCUT2D eigenvalue weighted by Gasteiger charge is 2.55. The van der Waals surface area contributed by atoms with Gasteiger partial charge in [-0.05, 0) is 6.92 Å². The molecule has 0 aromatic carbocycles. The molecule has 13 nitrogen and oxygen atoms in total. The van der Waals surface area contributed by atoms with E-state index >= 15 is 0 Å². The number of fused-ring (bicyclic) bond motifs is 1. The fourth-order valence-corrected chi connectivity index (χ4v) is 2.63. The van der Waals surface area contributed by atoms with Crippen molar-refractivity contribution >= 4 is 17.9 Å². The van der Waals surface area contributed by atoms with Crippen LogP contribution in [-0.2, 0) is 23.8 Å². The highest BCUT2D eigenvalue weighted by atomic mass is 16.8. The van der Waals surface area contributed by atoms with Crippen molar-refractivity contribution < 1.29 is 38.9 Å². The Bertz CT molecular complexity index is 782. The van der Waals surface area contributed by atoms with Gasteiger partial charge in [0.1, 0.15) is 12.1 Å². The molecule has 148 valence electrons. The predicted molar refractivity (Wildman–Crippen MR) is 84.0 cm³/mol. The smallest absolute Gasteiger partial charge is 0.424 e. The van der Waals surface area contributed by atoms with Gasteiger partial charge in [0.25, 0.3) is 0 Å². The van der Waals surface area contributed by atoms with E-state index in [0.29, 0.717) is 0 Å². The molecule has 5 N–H and O–H groups in total. The SMILES string of the molecule is C[C@H](O)[C@@H](N)C(=O)ONc1ccn([C@@H]2O[C@H](CO)[C@H]3OC(=O)O[C@H]32)c(=O)n1. The van der Waals surface area contributed by atoms with Crippen LogP contribution in [0.5, 0.6) is 0 Å². The van der Waals surface area contributed by atoms with Gasteiger partial charge in [-0.2, -0.15) is 4.98 Å². The normalized spacial score (nSPS) is 28.7. The van der Waals surface area contributed by atoms with Gasteiger partial charge in [0.05, 0.1) is 12.7 Å². The molecule has 2 saturated heterocycles. The molecule has 1 aromatic heterocycles. The minimum absolute atomic E-state index is 0.102. The van der Waals surface area contributed by atoms with Gasteiger partial charge in [-0.15, -0.1) is 0 Å². The van der Waals surface area contributed by atoms with Crippen molar-refractivity contribution in [2.24, 2.45) is 5.73 Å². The maximum Gasteiger partial charge on any atom is 0.509 e. The summed E-state index contributed by atoms with van der Waals surface area (Å²) in [6, 6.07) is 0.0272. The first-order valence-electron chi connectivity index (χ1n) is 7.95. The topological polar surface area (TPSA) is 184 Å². The molecule has 3 heterocycles. The molecule has 0 aliphatic carbocycles. The van der Waals surface area contributed by atoms with Crippen LogP contribution in [0.25, 0.3) is 0 Å². The second kappa shape index (κ2) is 7.48. The van der Waals surface area contributed by atoms with Gasteiger partial charge in [-0.25, -0.2) is 19.9 Å². The van der Waals surface area contributed by atoms with Crippen LogP contribution in [0.2, 0.25) is 0 Å². The van der Waals surface area contributed by atoms with Crippen LogP contribution in [0.15, 0.2) is 17.1 Å². The second-order valence-corrected chi connectivity index (χ2v) is 5.95. The second-order valence-electron chi connectivity index (χ2n) is 5.95. The van der Waals surface area contributed by atoms with Crippen LogP contribution < -0.4 is 16.9 Å². The Hall–Kier alpha value is -2.74. The first kappa shape index (κ1) is 19.0. The van der Waals surface area contributed by atoms with Crippen molar-refractivity contribution in [3.63, 3.8) is 0 Å². The van der Waals surface area contributed by atoms with E-state index in [4.69, 9.17) is 19.9 Å². The molecule has 0 unspecified atom stereocenters. The van der Waals surface area contributed by atoms with Crippen LogP contribution in [0.1, 0.15) is 13.2 Å². The zero-order chi connectivity index (χ0) is 19.7. The van der Waals surface area contributed by atoms with E-state index in [9.17, 15) is 24.6 Å². The van der Waals surface area contributed by atoms with Crippen molar-refractivity contribution in [2.45, 2.75) is 43.6 Å². The number of carbonyl (C=O) groups excluding carboxylic acids is 2. The highest BCUT2D eigenvalue weighted by Crippen LogP contribution is 2.36. The van der Waals surface area contributed by atoms with E-state index in [1.54, 1.807) is 0 Å². The zero-order valence-corrected chi connectivity index (χ0v) is 14.0. The van der Waals surface area contributed by atoms with Gasteiger partial charge in [-0.1, -0.05) is 0 Å². The maximum absolute atomic E-state index is 12.3. The van der Waals surface area contributed by atoms with Crippen LogP contribution in [0.3, 0.4) is 0 Å². The summed E-state index contributed by atoms with van der Waals surface area (Å²) in [5.74, 6) is -1.05. The number of nitrogens with two attached hydrogens (primary N) is 1. The van der Waals surface area contributed by atoms with Gasteiger partial charge in [0, 0.05) is 12.3 Å². The Morgan fingerprint density at radius 2 is 2.15 bits per heavy atom. The van der Waals surface area contributed by atoms with E-state index in [0.717, 1.165) is 4.57 Å². The largest absolute Gasteiger partial charge is 0.509 e. The lowest BCUT2D eigenvalue weighted by Gasteiger charge is -2.18. The minimum atomic E-state index is -1.27. The van der Waals surface area contributed by atoms with E-state index in [1.165, 1.54) is 19.2 Å². The quantitative estimate of drug-likeness (QED) is 0.301. The van der Waals surface area contributed by atoms with Crippen LogP contribution in [0.4, 0.5) is 10.6 Å². The minimum Gasteiger partial charge on any atom is -0.424 e. The number of rotatable bonds is 6. The van der Waals surface area contributed by atoms with Crippen molar-refractivity contribution in [2.75, 3.05) is 12.1 Å². The summed E-state index contributed by atoms with van der Waals surface area (Å²) in [5.41, 5.74) is 6.76. The number of nitrogens with zero attached hydrogens (tertiary/aromatic N) is 2. The van der Waals surface area contributed by atoms with Gasteiger partial charge in [-0.3, -0.25) is 4.57 Å². The summed E-state index contributed by atoms with van der Waals surface area (Å²) in [6.45, 7) is 0.884. The molecular formula is C14H18N4O9. The number of hydrogen-bond acceptors (Lipinski definition) is 12. The molecule has 1 aromatic rings. The average molecular weight is 386 g/mol. The van der Waals surface area contributed by atoms with E-state index in [2.05, 4.69) is 15.3 Å². The van der Waals surface area contributed by atoms with Gasteiger partial charge in [0.2, 0.25) is 0 Å². The number of anilines is 1. The van der Waals surface area contributed by atoms with Gasteiger partial charge < -0.3 is 35.0 Å². The van der Waals surface area contributed by atoms with Crippen LogP contribution in [0, 0.1) is 0 Å². The molecule has 0 amide bonds. The van der Waals surface area contributed by atoms with Crippen molar-refractivity contribution in [1.82, 2.24) is 9.55 Å². The third-order valence-electron chi connectivity index (χ3n) is 4.08. The van der Waals surface area contributed by atoms with E-state index in [-0.39, 0.29) is 5.82 Å². The predicted octanol–water partition coefficient (Wildman–Crippen LogP) is -2.38. The number of hydrogen-bond donors (Lipinski definition) is 4. The van der Waals surface area contributed by atoms with Crippen molar-refractivity contribution in [1.29, 1.82) is 0 Å². The number of aromatic nitrogens is 2. The lowest BCUT2D eigenvalue weighted by Crippen LogP contribution is -2.42. The summed E-state index contributed by atoms with van der Waals surface area (Å²) >= 11 is 0. The molecule has 6 atom stereocenters. The number of aliphatic hydroxyl groups excluding tert-OH is 2. The fourth-order valence-electron chi connectivity index (χ4n) is 2.63. The molecule has 0 spiro atoms. The Kier molecular flexibility index (Phi) is 5.27. The van der Waals surface area contributed by atoms with Gasteiger partial charge in [0.15, 0.2) is 24.3 Å². The monoisotopic (exact) mass is 386 g/mol. The molecule has 13 heteroatoms. The lowest BCUT2D eigenvalue weighted by molar-refractivity contribution is -0.144. The van der Waals surface area contributed by atoms with Gasteiger partial charge >= 0.3 is 17.8 Å². The molecule has 2 fully saturated rings. The third-order valence-corrected chi connectivity index (χ3v) is 4.08. The summed E-state index contributed by atoms with van der Waals surface area (Å²) < 4.78 is 16.5. The zero-order valence-electron chi connectivity index (χ0n) is 14.0. The Morgan fingerprint density at radius 3 is 2.78 bits per heavy atom. The van der Waals surface area contributed by atoms with Crippen LogP contribution in [-0.4, -0.2) is 69.0 Å². The standard InChI is InChI=1S/C14H18N4O9/c1-5(20)8(15)12(21)27-17-7-2-3-18(13(22)16-7)11-10-9(6(4-19)24-11)25-14(23)26-10/h2-3,5-6,8-11,19-20H,4,15H2,1H3,(H,16,17,22)/t5-,6+,8+,9+,10+,11+/m0/s1. The summed E-state index contributed by atoms with van der Waals surface area (Å²) in [7, 11) is 0. The average Bonchev–Trinajstić information content (AvgIpc) is 3.16. The molecule has 27 heavy (non-hydrogen) atoms. The van der Waals surface area contributed by atoms with Crippen molar-refractivity contribution in [3.8, 4) is 0 Å².